The zero-order valence-electron chi connectivity index (χ0n) is 20.9. The number of likely N-dealkylation sites (N-methyl/N-ethyl adjacent to an activating group) is 1. The fourth-order valence-corrected chi connectivity index (χ4v) is 4.64. The SMILES string of the molecule is CNCC(O)COc1ccc(Cl)c(-c2nc(-c3c(C)noc3C)c(F)c(N3Cc4cnn(C)c4C3)n2)c1. The Hall–Kier alpha value is -3.54. The molecule has 0 radical (unpaired) electrons. The van der Waals surface area contributed by atoms with Crippen LogP contribution in [0.4, 0.5) is 10.2 Å². The van der Waals surface area contributed by atoms with Gasteiger partial charge in [-0.2, -0.15) is 5.10 Å². The summed E-state index contributed by atoms with van der Waals surface area (Å²) in [5.74, 6) is 0.720. The van der Waals surface area contributed by atoms with Crippen molar-refractivity contribution >= 4 is 17.4 Å². The molecule has 3 aromatic heterocycles. The van der Waals surface area contributed by atoms with Gasteiger partial charge in [0.15, 0.2) is 17.5 Å². The second-order valence-corrected chi connectivity index (χ2v) is 9.40. The number of nitrogens with one attached hydrogen (secondary N) is 1. The molecule has 4 heterocycles. The van der Waals surface area contributed by atoms with Crippen LogP contribution in [-0.4, -0.2) is 56.3 Å². The maximum absolute atomic E-state index is 16.1. The van der Waals surface area contributed by atoms with Crippen molar-refractivity contribution in [1.82, 2.24) is 30.2 Å². The van der Waals surface area contributed by atoms with E-state index in [1.165, 1.54) is 0 Å². The highest BCUT2D eigenvalue weighted by Crippen LogP contribution is 2.38. The number of aryl methyl sites for hydroxylation is 3. The van der Waals surface area contributed by atoms with Crippen molar-refractivity contribution in [2.45, 2.75) is 33.0 Å². The summed E-state index contributed by atoms with van der Waals surface area (Å²) in [4.78, 5) is 11.1. The molecule has 0 bridgehead atoms. The number of aromatic nitrogens is 5. The molecule has 1 atom stereocenters. The first kappa shape index (κ1) is 25.1. The molecule has 2 N–H and O–H groups in total. The first-order chi connectivity index (χ1) is 17.8. The molecule has 0 saturated heterocycles. The second kappa shape index (κ2) is 10.1. The van der Waals surface area contributed by atoms with E-state index < -0.39 is 11.9 Å². The van der Waals surface area contributed by atoms with E-state index in [1.807, 2.05) is 11.9 Å². The number of anilines is 1. The average Bonchev–Trinajstić information content (AvgIpc) is 3.55. The number of benzene rings is 1. The van der Waals surface area contributed by atoms with Crippen molar-refractivity contribution < 1.29 is 18.8 Å². The maximum Gasteiger partial charge on any atom is 0.192 e. The first-order valence-electron chi connectivity index (χ1n) is 11.8. The molecule has 0 spiro atoms. The third-order valence-electron chi connectivity index (χ3n) is 6.31. The lowest BCUT2D eigenvalue weighted by molar-refractivity contribution is 0.108. The maximum atomic E-state index is 16.1. The van der Waals surface area contributed by atoms with Gasteiger partial charge >= 0.3 is 0 Å². The summed E-state index contributed by atoms with van der Waals surface area (Å²) < 4.78 is 28.9. The topological polar surface area (TPSA) is 114 Å². The number of aliphatic hydroxyl groups is 1. The normalized spacial score (nSPS) is 13.8. The molecule has 37 heavy (non-hydrogen) atoms. The quantitative estimate of drug-likeness (QED) is 0.355. The fraction of sp³-hybridized carbons (Fsp3) is 0.360. The van der Waals surface area contributed by atoms with Crippen LogP contribution in [0.2, 0.25) is 5.02 Å². The van der Waals surface area contributed by atoms with E-state index in [0.29, 0.717) is 53.0 Å². The van der Waals surface area contributed by atoms with Crippen molar-refractivity contribution in [2.75, 3.05) is 25.1 Å². The van der Waals surface area contributed by atoms with E-state index >= 15 is 4.39 Å². The second-order valence-electron chi connectivity index (χ2n) is 8.99. The van der Waals surface area contributed by atoms with Crippen molar-refractivity contribution in [3.63, 3.8) is 0 Å². The van der Waals surface area contributed by atoms with Crippen molar-refractivity contribution in [3.8, 4) is 28.4 Å². The van der Waals surface area contributed by atoms with Crippen molar-refractivity contribution in [3.05, 3.63) is 57.9 Å². The Kier molecular flexibility index (Phi) is 6.84. The number of halogens is 2. The molecule has 1 aromatic carbocycles. The summed E-state index contributed by atoms with van der Waals surface area (Å²) >= 11 is 6.57. The summed E-state index contributed by atoms with van der Waals surface area (Å²) in [7, 11) is 3.61. The first-order valence-corrected chi connectivity index (χ1v) is 12.2. The lowest BCUT2D eigenvalue weighted by atomic mass is 10.1. The Morgan fingerprint density at radius 3 is 2.78 bits per heavy atom. The van der Waals surface area contributed by atoms with Gasteiger partial charge in [-0.05, 0) is 39.1 Å². The van der Waals surface area contributed by atoms with E-state index in [0.717, 1.165) is 11.3 Å². The van der Waals surface area contributed by atoms with Gasteiger partial charge in [0.2, 0.25) is 0 Å². The molecular weight excluding hydrogens is 501 g/mol. The number of hydrogen-bond donors (Lipinski definition) is 2. The highest BCUT2D eigenvalue weighted by molar-refractivity contribution is 6.33. The molecule has 10 nitrogen and oxygen atoms in total. The van der Waals surface area contributed by atoms with E-state index in [2.05, 4.69) is 25.5 Å². The molecule has 0 aliphatic carbocycles. The van der Waals surface area contributed by atoms with Gasteiger partial charge in [-0.1, -0.05) is 16.8 Å². The predicted molar refractivity (Wildman–Crippen MR) is 136 cm³/mol. The fourth-order valence-electron chi connectivity index (χ4n) is 4.44. The lowest BCUT2D eigenvalue weighted by Crippen LogP contribution is -2.29. The van der Waals surface area contributed by atoms with E-state index in [4.69, 9.17) is 20.9 Å². The van der Waals surface area contributed by atoms with Crippen LogP contribution in [0, 0.1) is 19.7 Å². The minimum absolute atomic E-state index is 0.0807. The standard InChI is InChI=1S/C25H27ClFN7O3/c1-13-21(14(2)37-32-13)23-22(27)25(34-10-15-8-29-33(4)20(15)11-34)31-24(30-23)18-7-17(5-6-19(18)26)36-12-16(35)9-28-3/h5-8,16,28,35H,9-12H2,1-4H3. The van der Waals surface area contributed by atoms with Crippen LogP contribution < -0.4 is 15.0 Å². The summed E-state index contributed by atoms with van der Waals surface area (Å²) in [6.45, 7) is 4.83. The minimum atomic E-state index is -0.685. The van der Waals surface area contributed by atoms with Crippen LogP contribution >= 0.6 is 11.6 Å². The van der Waals surface area contributed by atoms with Gasteiger partial charge in [0.25, 0.3) is 0 Å². The Labute approximate surface area is 218 Å². The van der Waals surface area contributed by atoms with Gasteiger partial charge in [-0.15, -0.1) is 0 Å². The van der Waals surface area contributed by atoms with Crippen LogP contribution in [0.1, 0.15) is 22.7 Å². The Bertz CT molecular complexity index is 1440. The predicted octanol–water partition coefficient (Wildman–Crippen LogP) is 3.42. The van der Waals surface area contributed by atoms with E-state index in [1.54, 1.807) is 50.0 Å². The molecule has 1 aliphatic heterocycles. The smallest absolute Gasteiger partial charge is 0.192 e. The van der Waals surface area contributed by atoms with Gasteiger partial charge in [0, 0.05) is 31.3 Å². The zero-order chi connectivity index (χ0) is 26.3. The van der Waals surface area contributed by atoms with E-state index in [-0.39, 0.29) is 23.9 Å². The molecule has 0 saturated carbocycles. The van der Waals surface area contributed by atoms with E-state index in [9.17, 15) is 5.11 Å². The van der Waals surface area contributed by atoms with Gasteiger partial charge in [-0.25, -0.2) is 14.4 Å². The summed E-state index contributed by atoms with van der Waals surface area (Å²) in [5, 5.41) is 21.5. The Balaban J connectivity index is 1.60. The number of fused-ring (bicyclic) bond motifs is 1. The Morgan fingerprint density at radius 2 is 2.08 bits per heavy atom. The largest absolute Gasteiger partial charge is 0.491 e. The minimum Gasteiger partial charge on any atom is -0.491 e. The number of hydrogen-bond acceptors (Lipinski definition) is 9. The van der Waals surface area contributed by atoms with Gasteiger partial charge < -0.3 is 24.6 Å². The van der Waals surface area contributed by atoms with Crippen molar-refractivity contribution in [2.24, 2.45) is 7.05 Å². The van der Waals surface area contributed by atoms with Gasteiger partial charge in [0.1, 0.15) is 29.9 Å². The lowest BCUT2D eigenvalue weighted by Gasteiger charge is -2.20. The van der Waals surface area contributed by atoms with Crippen LogP contribution in [0.5, 0.6) is 5.75 Å². The molecule has 4 aromatic rings. The number of aliphatic hydroxyl groups excluding tert-OH is 1. The average molecular weight is 528 g/mol. The van der Waals surface area contributed by atoms with Crippen LogP contribution in [-0.2, 0) is 20.1 Å². The molecule has 5 rings (SSSR count). The molecule has 1 unspecified atom stereocenters. The highest BCUT2D eigenvalue weighted by Gasteiger charge is 2.30. The molecular formula is C25H27ClFN7O3. The monoisotopic (exact) mass is 527 g/mol. The highest BCUT2D eigenvalue weighted by atomic mass is 35.5. The molecule has 0 fully saturated rings. The Morgan fingerprint density at radius 1 is 1.27 bits per heavy atom. The third-order valence-corrected chi connectivity index (χ3v) is 6.64. The van der Waals surface area contributed by atoms with Crippen molar-refractivity contribution in [1.29, 1.82) is 0 Å². The summed E-state index contributed by atoms with van der Waals surface area (Å²) in [6, 6.07) is 5.04. The molecule has 194 valence electrons. The summed E-state index contributed by atoms with van der Waals surface area (Å²) in [5.41, 5.74) is 3.54. The van der Waals surface area contributed by atoms with Crippen LogP contribution in [0.3, 0.4) is 0 Å². The molecule has 1 aliphatic rings. The van der Waals surface area contributed by atoms with Crippen LogP contribution in [0.15, 0.2) is 28.9 Å². The number of rotatable bonds is 8. The van der Waals surface area contributed by atoms with Gasteiger partial charge in [-0.3, -0.25) is 4.68 Å². The van der Waals surface area contributed by atoms with Gasteiger partial charge in [0.05, 0.1) is 34.7 Å². The number of ether oxygens (including phenoxy) is 1. The third kappa shape index (κ3) is 4.77. The molecule has 0 amide bonds. The summed E-state index contributed by atoms with van der Waals surface area (Å²) in [6.07, 6.45) is 1.10. The molecule has 12 heteroatoms. The van der Waals surface area contributed by atoms with Crippen LogP contribution in [0.25, 0.3) is 22.6 Å². The zero-order valence-corrected chi connectivity index (χ0v) is 21.7. The number of nitrogens with zero attached hydrogens (tertiary/aromatic N) is 6.